The Labute approximate surface area is 110 Å². The molecule has 1 aromatic heterocycles. The third kappa shape index (κ3) is 2.69. The van der Waals surface area contributed by atoms with Crippen LogP contribution in [0.4, 0.5) is 11.6 Å². The average molecular weight is 294 g/mol. The van der Waals surface area contributed by atoms with E-state index in [0.717, 1.165) is 28.3 Å². The van der Waals surface area contributed by atoms with E-state index in [1.54, 1.807) is 0 Å². The van der Waals surface area contributed by atoms with Crippen molar-refractivity contribution >= 4 is 27.6 Å². The fourth-order valence-corrected chi connectivity index (χ4v) is 2.10. The summed E-state index contributed by atoms with van der Waals surface area (Å²) in [6, 6.07) is 6.19. The van der Waals surface area contributed by atoms with Crippen molar-refractivity contribution in [3.8, 4) is 0 Å². The van der Waals surface area contributed by atoms with Gasteiger partial charge in [0.25, 0.3) is 0 Å². The lowest BCUT2D eigenvalue weighted by atomic mass is 10.2. The fourth-order valence-electron chi connectivity index (χ4n) is 1.74. The highest BCUT2D eigenvalue weighted by molar-refractivity contribution is 9.10. The molecule has 0 bridgehead atoms. The third-order valence-corrected chi connectivity index (χ3v) is 3.18. The molecule has 0 unspecified atom stereocenters. The lowest BCUT2D eigenvalue weighted by Gasteiger charge is -2.10. The van der Waals surface area contributed by atoms with Gasteiger partial charge in [-0.15, -0.1) is 0 Å². The van der Waals surface area contributed by atoms with Crippen LogP contribution in [0.3, 0.4) is 0 Å². The summed E-state index contributed by atoms with van der Waals surface area (Å²) in [7, 11) is 0. The van der Waals surface area contributed by atoms with E-state index in [1.807, 2.05) is 13.0 Å². The molecule has 3 nitrogen and oxygen atoms in total. The van der Waals surface area contributed by atoms with E-state index < -0.39 is 0 Å². The largest absolute Gasteiger partial charge is 0.325 e. The smallest absolute Gasteiger partial charge is 0.207 e. The number of nitrogens with zero attached hydrogens (tertiary/aromatic N) is 2. The first-order valence-electron chi connectivity index (χ1n) is 5.67. The first-order valence-corrected chi connectivity index (χ1v) is 6.46. The first-order chi connectivity index (χ1) is 8.10. The van der Waals surface area contributed by atoms with E-state index in [4.69, 9.17) is 0 Å². The minimum atomic E-state index is 0.895. The molecule has 0 atom stereocenters. The Morgan fingerprint density at radius 3 is 2.82 bits per heavy atom. The monoisotopic (exact) mass is 293 g/mol. The van der Waals surface area contributed by atoms with Crippen molar-refractivity contribution in [2.45, 2.75) is 27.3 Å². The molecule has 0 radical (unpaired) electrons. The maximum Gasteiger partial charge on any atom is 0.207 e. The zero-order valence-corrected chi connectivity index (χ0v) is 11.9. The highest BCUT2D eigenvalue weighted by atomic mass is 79.9. The molecule has 2 rings (SSSR count). The number of halogens is 1. The fraction of sp³-hybridized carbons (Fsp3) is 0.308. The van der Waals surface area contributed by atoms with Crippen LogP contribution in [0.15, 0.2) is 28.9 Å². The number of imidazole rings is 1. The van der Waals surface area contributed by atoms with Gasteiger partial charge in [-0.1, -0.05) is 22.0 Å². The highest BCUT2D eigenvalue weighted by Gasteiger charge is 2.06. The molecule has 0 amide bonds. The SMILES string of the molecule is CCn1cc(C)nc1Nc1cc(Br)ccc1C. The predicted octanol–water partition coefficient (Wildman–Crippen LogP) is 4.03. The van der Waals surface area contributed by atoms with Gasteiger partial charge in [-0.3, -0.25) is 0 Å². The molecule has 0 fully saturated rings. The molecule has 4 heteroatoms. The number of hydrogen-bond acceptors (Lipinski definition) is 2. The Morgan fingerprint density at radius 1 is 1.35 bits per heavy atom. The van der Waals surface area contributed by atoms with Crippen molar-refractivity contribution in [3.63, 3.8) is 0 Å². The van der Waals surface area contributed by atoms with Crippen molar-refractivity contribution in [1.29, 1.82) is 0 Å². The second-order valence-corrected chi connectivity index (χ2v) is 4.99. The Morgan fingerprint density at radius 2 is 2.12 bits per heavy atom. The Hall–Kier alpha value is -1.29. The molecule has 0 aliphatic rings. The van der Waals surface area contributed by atoms with Crippen molar-refractivity contribution in [2.24, 2.45) is 0 Å². The summed E-state index contributed by atoms with van der Waals surface area (Å²) in [4.78, 5) is 4.48. The zero-order valence-electron chi connectivity index (χ0n) is 10.3. The van der Waals surface area contributed by atoms with E-state index >= 15 is 0 Å². The van der Waals surface area contributed by atoms with Gasteiger partial charge < -0.3 is 9.88 Å². The Kier molecular flexibility index (Phi) is 3.52. The second kappa shape index (κ2) is 4.92. The normalized spacial score (nSPS) is 10.6. The maximum atomic E-state index is 4.48. The summed E-state index contributed by atoms with van der Waals surface area (Å²) in [5.74, 6) is 0.895. The van der Waals surface area contributed by atoms with Crippen LogP contribution >= 0.6 is 15.9 Å². The maximum absolute atomic E-state index is 4.48. The van der Waals surface area contributed by atoms with Gasteiger partial charge >= 0.3 is 0 Å². The Balaban J connectivity index is 2.33. The minimum Gasteiger partial charge on any atom is -0.325 e. The lowest BCUT2D eigenvalue weighted by molar-refractivity contribution is 0.771. The van der Waals surface area contributed by atoms with Gasteiger partial charge in [0, 0.05) is 22.9 Å². The number of rotatable bonds is 3. The molecule has 0 saturated carbocycles. The van der Waals surface area contributed by atoms with Crippen molar-refractivity contribution in [3.05, 3.63) is 40.1 Å². The molecular weight excluding hydrogens is 278 g/mol. The van der Waals surface area contributed by atoms with Crippen LogP contribution in [0.5, 0.6) is 0 Å². The van der Waals surface area contributed by atoms with Crippen LogP contribution in [0, 0.1) is 13.8 Å². The number of benzene rings is 1. The molecule has 2 aromatic rings. The van der Waals surface area contributed by atoms with Crippen LogP contribution in [0.2, 0.25) is 0 Å². The topological polar surface area (TPSA) is 29.9 Å². The van der Waals surface area contributed by atoms with E-state index in [1.165, 1.54) is 5.56 Å². The molecular formula is C13H16BrN3. The van der Waals surface area contributed by atoms with Crippen LogP contribution < -0.4 is 5.32 Å². The molecule has 0 aliphatic heterocycles. The van der Waals surface area contributed by atoms with E-state index in [9.17, 15) is 0 Å². The molecule has 1 heterocycles. The van der Waals surface area contributed by atoms with Crippen LogP contribution in [0.25, 0.3) is 0 Å². The predicted molar refractivity (Wildman–Crippen MR) is 74.8 cm³/mol. The van der Waals surface area contributed by atoms with Gasteiger partial charge in [0.1, 0.15) is 0 Å². The van der Waals surface area contributed by atoms with Crippen molar-refractivity contribution in [1.82, 2.24) is 9.55 Å². The average Bonchev–Trinajstić information content (AvgIpc) is 2.64. The molecule has 17 heavy (non-hydrogen) atoms. The highest BCUT2D eigenvalue weighted by Crippen LogP contribution is 2.24. The summed E-state index contributed by atoms with van der Waals surface area (Å²) in [6.07, 6.45) is 2.05. The molecule has 90 valence electrons. The Bertz CT molecular complexity index is 531. The molecule has 0 spiro atoms. The second-order valence-electron chi connectivity index (χ2n) is 4.08. The molecule has 1 aromatic carbocycles. The summed E-state index contributed by atoms with van der Waals surface area (Å²) in [5.41, 5.74) is 3.32. The molecule has 0 saturated heterocycles. The number of aromatic nitrogens is 2. The van der Waals surface area contributed by atoms with E-state index in [-0.39, 0.29) is 0 Å². The number of anilines is 2. The van der Waals surface area contributed by atoms with Gasteiger partial charge in [-0.05, 0) is 38.5 Å². The van der Waals surface area contributed by atoms with Gasteiger partial charge in [0.2, 0.25) is 5.95 Å². The van der Waals surface area contributed by atoms with Crippen LogP contribution in [-0.4, -0.2) is 9.55 Å². The summed E-state index contributed by atoms with van der Waals surface area (Å²) < 4.78 is 3.17. The number of aryl methyl sites for hydroxylation is 3. The van der Waals surface area contributed by atoms with Crippen molar-refractivity contribution < 1.29 is 0 Å². The molecule has 0 aliphatic carbocycles. The van der Waals surface area contributed by atoms with E-state index in [0.29, 0.717) is 0 Å². The standard InChI is InChI=1S/C13H16BrN3/c1-4-17-8-10(3)15-13(17)16-12-7-11(14)6-5-9(12)2/h5-8H,4H2,1-3H3,(H,15,16). The zero-order chi connectivity index (χ0) is 12.4. The van der Waals surface area contributed by atoms with Crippen LogP contribution in [-0.2, 0) is 6.54 Å². The first kappa shape index (κ1) is 12.2. The number of nitrogens with one attached hydrogen (secondary N) is 1. The third-order valence-electron chi connectivity index (χ3n) is 2.68. The molecule has 1 N–H and O–H groups in total. The van der Waals surface area contributed by atoms with E-state index in [2.05, 4.69) is 63.0 Å². The van der Waals surface area contributed by atoms with Crippen molar-refractivity contribution in [2.75, 3.05) is 5.32 Å². The quantitative estimate of drug-likeness (QED) is 0.926. The number of hydrogen-bond donors (Lipinski definition) is 1. The van der Waals surface area contributed by atoms with Crippen LogP contribution in [0.1, 0.15) is 18.2 Å². The minimum absolute atomic E-state index is 0.895. The van der Waals surface area contributed by atoms with Gasteiger partial charge in [-0.2, -0.15) is 0 Å². The summed E-state index contributed by atoms with van der Waals surface area (Å²) >= 11 is 3.48. The summed E-state index contributed by atoms with van der Waals surface area (Å²) in [5, 5.41) is 3.38. The summed E-state index contributed by atoms with van der Waals surface area (Å²) in [6.45, 7) is 7.11. The lowest BCUT2D eigenvalue weighted by Crippen LogP contribution is -2.02. The van der Waals surface area contributed by atoms with Gasteiger partial charge in [0.05, 0.1) is 5.69 Å². The van der Waals surface area contributed by atoms with Gasteiger partial charge in [0.15, 0.2) is 0 Å². The van der Waals surface area contributed by atoms with Gasteiger partial charge in [-0.25, -0.2) is 4.98 Å².